The Kier molecular flexibility index (Phi) is 4.68. The third-order valence-electron chi connectivity index (χ3n) is 5.80. The van der Waals surface area contributed by atoms with Crippen molar-refractivity contribution < 1.29 is 14.3 Å². The second kappa shape index (κ2) is 7.64. The van der Waals surface area contributed by atoms with Crippen LogP contribution in [0.3, 0.4) is 0 Å². The number of imide groups is 1. The van der Waals surface area contributed by atoms with Crippen LogP contribution in [0.5, 0.6) is 11.5 Å². The SMILES string of the molecule is O=C1C2CC=CCC2C(=O)N1c1ccc(Oc2ccccc2-c2ccccc2)cc1. The van der Waals surface area contributed by atoms with Crippen molar-refractivity contribution in [2.24, 2.45) is 11.8 Å². The summed E-state index contributed by atoms with van der Waals surface area (Å²) in [5.74, 6) is 0.754. The first-order valence-electron chi connectivity index (χ1n) is 10.2. The Labute approximate surface area is 175 Å². The van der Waals surface area contributed by atoms with Crippen molar-refractivity contribution in [1.29, 1.82) is 0 Å². The zero-order valence-electron chi connectivity index (χ0n) is 16.4. The first kappa shape index (κ1) is 18.4. The molecule has 0 saturated carbocycles. The average molecular weight is 395 g/mol. The maximum atomic E-state index is 12.8. The van der Waals surface area contributed by atoms with Gasteiger partial charge in [-0.3, -0.25) is 14.5 Å². The third-order valence-corrected chi connectivity index (χ3v) is 5.80. The molecule has 30 heavy (non-hydrogen) atoms. The summed E-state index contributed by atoms with van der Waals surface area (Å²) in [6.07, 6.45) is 5.28. The molecule has 0 spiro atoms. The van der Waals surface area contributed by atoms with Crippen LogP contribution in [0.2, 0.25) is 0 Å². The van der Waals surface area contributed by atoms with Crippen LogP contribution in [0.4, 0.5) is 5.69 Å². The van der Waals surface area contributed by atoms with Crippen molar-refractivity contribution in [1.82, 2.24) is 0 Å². The van der Waals surface area contributed by atoms with Crippen LogP contribution in [0.1, 0.15) is 12.8 Å². The predicted molar refractivity (Wildman–Crippen MR) is 116 cm³/mol. The van der Waals surface area contributed by atoms with Gasteiger partial charge in [-0.2, -0.15) is 0 Å². The molecule has 1 fully saturated rings. The summed E-state index contributed by atoms with van der Waals surface area (Å²) in [6, 6.07) is 25.1. The zero-order valence-corrected chi connectivity index (χ0v) is 16.4. The summed E-state index contributed by atoms with van der Waals surface area (Å²) in [7, 11) is 0. The van der Waals surface area contributed by atoms with E-state index in [0.717, 1.165) is 16.9 Å². The molecule has 148 valence electrons. The molecular weight excluding hydrogens is 374 g/mol. The van der Waals surface area contributed by atoms with Gasteiger partial charge >= 0.3 is 0 Å². The van der Waals surface area contributed by atoms with Gasteiger partial charge < -0.3 is 4.74 Å². The van der Waals surface area contributed by atoms with E-state index >= 15 is 0 Å². The summed E-state index contributed by atoms with van der Waals surface area (Å²) in [5, 5.41) is 0. The number of rotatable bonds is 4. The lowest BCUT2D eigenvalue weighted by Gasteiger charge is -2.16. The van der Waals surface area contributed by atoms with Gasteiger partial charge in [-0.1, -0.05) is 60.7 Å². The minimum absolute atomic E-state index is 0.0996. The number of amides is 2. The molecule has 0 bridgehead atoms. The van der Waals surface area contributed by atoms with Gasteiger partial charge in [0.15, 0.2) is 0 Å². The molecule has 3 aromatic rings. The van der Waals surface area contributed by atoms with Crippen molar-refractivity contribution >= 4 is 17.5 Å². The smallest absolute Gasteiger partial charge is 0.238 e. The summed E-state index contributed by atoms with van der Waals surface area (Å²) in [5.41, 5.74) is 2.68. The van der Waals surface area contributed by atoms with Crippen LogP contribution in [0, 0.1) is 11.8 Å². The number of carbonyl (C=O) groups excluding carboxylic acids is 2. The highest BCUT2D eigenvalue weighted by molar-refractivity contribution is 6.22. The number of ether oxygens (including phenoxy) is 1. The lowest BCUT2D eigenvalue weighted by atomic mass is 9.85. The number of carbonyl (C=O) groups is 2. The van der Waals surface area contributed by atoms with Crippen LogP contribution in [0.25, 0.3) is 11.1 Å². The Morgan fingerprint density at radius 2 is 1.30 bits per heavy atom. The topological polar surface area (TPSA) is 46.6 Å². The Morgan fingerprint density at radius 3 is 1.97 bits per heavy atom. The van der Waals surface area contributed by atoms with E-state index in [2.05, 4.69) is 0 Å². The Hall–Kier alpha value is -3.66. The van der Waals surface area contributed by atoms with E-state index in [1.165, 1.54) is 4.90 Å². The van der Waals surface area contributed by atoms with E-state index in [1.807, 2.05) is 66.7 Å². The van der Waals surface area contributed by atoms with Crippen molar-refractivity contribution in [3.63, 3.8) is 0 Å². The number of hydrogen-bond acceptors (Lipinski definition) is 3. The van der Waals surface area contributed by atoms with Crippen molar-refractivity contribution in [2.75, 3.05) is 4.90 Å². The standard InChI is InChI=1S/C26H21NO3/c28-25-22-11-4-5-12-23(22)26(29)27(25)19-14-16-20(17-15-19)30-24-13-7-6-10-21(24)18-8-2-1-3-9-18/h1-10,13-17,22-23H,11-12H2. The largest absolute Gasteiger partial charge is 0.457 e. The van der Waals surface area contributed by atoms with Gasteiger partial charge in [-0.05, 0) is 48.7 Å². The highest BCUT2D eigenvalue weighted by Gasteiger charge is 2.47. The van der Waals surface area contributed by atoms with Crippen LogP contribution < -0.4 is 9.64 Å². The second-order valence-electron chi connectivity index (χ2n) is 7.63. The van der Waals surface area contributed by atoms with Crippen LogP contribution in [0.15, 0.2) is 91.0 Å². The molecule has 3 aromatic carbocycles. The molecular formula is C26H21NO3. The summed E-state index contributed by atoms with van der Waals surface area (Å²) in [6.45, 7) is 0. The summed E-state index contributed by atoms with van der Waals surface area (Å²) < 4.78 is 6.13. The molecule has 5 rings (SSSR count). The van der Waals surface area contributed by atoms with E-state index < -0.39 is 0 Å². The lowest BCUT2D eigenvalue weighted by Crippen LogP contribution is -2.30. The molecule has 0 aromatic heterocycles. The lowest BCUT2D eigenvalue weighted by molar-refractivity contribution is -0.122. The molecule has 2 unspecified atom stereocenters. The van der Waals surface area contributed by atoms with E-state index in [4.69, 9.17) is 4.74 Å². The zero-order chi connectivity index (χ0) is 20.5. The van der Waals surface area contributed by atoms with Crippen molar-refractivity contribution in [2.45, 2.75) is 12.8 Å². The van der Waals surface area contributed by atoms with Crippen LogP contribution >= 0.6 is 0 Å². The maximum absolute atomic E-state index is 12.8. The van der Waals surface area contributed by atoms with Crippen LogP contribution in [-0.4, -0.2) is 11.8 Å². The van der Waals surface area contributed by atoms with Gasteiger partial charge in [0.1, 0.15) is 11.5 Å². The minimum atomic E-state index is -0.226. The fraction of sp³-hybridized carbons (Fsp3) is 0.154. The van der Waals surface area contributed by atoms with Gasteiger partial charge in [-0.25, -0.2) is 0 Å². The molecule has 1 aliphatic heterocycles. The van der Waals surface area contributed by atoms with Gasteiger partial charge in [0, 0.05) is 5.56 Å². The fourth-order valence-corrected chi connectivity index (χ4v) is 4.26. The number of hydrogen-bond donors (Lipinski definition) is 0. The van der Waals surface area contributed by atoms with E-state index in [0.29, 0.717) is 24.3 Å². The van der Waals surface area contributed by atoms with E-state index in [-0.39, 0.29) is 23.7 Å². The molecule has 4 heteroatoms. The van der Waals surface area contributed by atoms with Gasteiger partial charge in [0.05, 0.1) is 17.5 Å². The molecule has 0 radical (unpaired) electrons. The second-order valence-corrected chi connectivity index (χ2v) is 7.63. The van der Waals surface area contributed by atoms with Gasteiger partial charge in [0.2, 0.25) is 11.8 Å². The minimum Gasteiger partial charge on any atom is -0.457 e. The maximum Gasteiger partial charge on any atom is 0.238 e. The molecule has 2 atom stereocenters. The summed E-state index contributed by atoms with van der Waals surface area (Å²) in [4.78, 5) is 26.9. The quantitative estimate of drug-likeness (QED) is 0.427. The monoisotopic (exact) mass is 395 g/mol. The first-order valence-corrected chi connectivity index (χ1v) is 10.2. The Bertz CT molecular complexity index is 1090. The Morgan fingerprint density at radius 1 is 0.700 bits per heavy atom. The fourth-order valence-electron chi connectivity index (χ4n) is 4.26. The number of fused-ring (bicyclic) bond motifs is 1. The molecule has 1 aliphatic carbocycles. The molecule has 1 heterocycles. The normalized spacial score (nSPS) is 20.3. The molecule has 2 amide bonds. The first-order chi connectivity index (χ1) is 14.7. The number of para-hydroxylation sites is 1. The predicted octanol–water partition coefficient (Wildman–Crippen LogP) is 5.60. The number of nitrogens with zero attached hydrogens (tertiary/aromatic N) is 1. The Balaban J connectivity index is 1.38. The van der Waals surface area contributed by atoms with Gasteiger partial charge in [-0.15, -0.1) is 0 Å². The highest BCUT2D eigenvalue weighted by Crippen LogP contribution is 2.39. The number of anilines is 1. The summed E-state index contributed by atoms with van der Waals surface area (Å²) >= 11 is 0. The van der Waals surface area contributed by atoms with Crippen molar-refractivity contribution in [3.05, 3.63) is 91.0 Å². The van der Waals surface area contributed by atoms with Crippen molar-refractivity contribution in [3.8, 4) is 22.6 Å². The molecule has 4 nitrogen and oxygen atoms in total. The number of allylic oxidation sites excluding steroid dienone is 2. The van der Waals surface area contributed by atoms with Crippen LogP contribution in [-0.2, 0) is 9.59 Å². The van der Waals surface area contributed by atoms with Gasteiger partial charge in [0.25, 0.3) is 0 Å². The molecule has 1 saturated heterocycles. The highest BCUT2D eigenvalue weighted by atomic mass is 16.5. The number of benzene rings is 3. The van der Waals surface area contributed by atoms with E-state index in [1.54, 1.807) is 24.3 Å². The molecule has 0 N–H and O–H groups in total. The third kappa shape index (κ3) is 3.20. The van der Waals surface area contributed by atoms with E-state index in [9.17, 15) is 9.59 Å². The average Bonchev–Trinajstić information content (AvgIpc) is 3.06. The molecule has 2 aliphatic rings.